The van der Waals surface area contributed by atoms with Crippen molar-refractivity contribution in [2.75, 3.05) is 13.1 Å². The van der Waals surface area contributed by atoms with Crippen molar-refractivity contribution >= 4 is 0 Å². The molecule has 1 aliphatic heterocycles. The third kappa shape index (κ3) is 3.27. The topological polar surface area (TPSA) is 24.1 Å². The van der Waals surface area contributed by atoms with Crippen molar-refractivity contribution in [1.82, 2.24) is 10.6 Å². The van der Waals surface area contributed by atoms with Crippen LogP contribution in [0.4, 0.5) is 4.39 Å². The van der Waals surface area contributed by atoms with Crippen molar-refractivity contribution in [3.63, 3.8) is 0 Å². The Hall–Kier alpha value is -0.930. The number of piperidine rings is 1. The van der Waals surface area contributed by atoms with Gasteiger partial charge in [-0.1, -0.05) is 12.1 Å². The zero-order chi connectivity index (χ0) is 12.3. The van der Waals surface area contributed by atoms with Crippen LogP contribution < -0.4 is 10.6 Å². The number of rotatable bonds is 3. The maximum atomic E-state index is 13.5. The van der Waals surface area contributed by atoms with Crippen LogP contribution in [-0.2, 0) is 6.54 Å². The summed E-state index contributed by atoms with van der Waals surface area (Å²) >= 11 is 0. The van der Waals surface area contributed by atoms with Crippen molar-refractivity contribution in [2.45, 2.75) is 39.3 Å². The molecule has 2 N–H and O–H groups in total. The highest BCUT2D eigenvalue weighted by atomic mass is 19.1. The largest absolute Gasteiger partial charge is 0.317 e. The molecule has 1 fully saturated rings. The van der Waals surface area contributed by atoms with Crippen molar-refractivity contribution in [3.05, 3.63) is 34.6 Å². The van der Waals surface area contributed by atoms with Crippen molar-refractivity contribution in [2.24, 2.45) is 0 Å². The highest BCUT2D eigenvalue weighted by molar-refractivity contribution is 5.30. The number of hydrogen-bond donors (Lipinski definition) is 2. The normalized spacial score (nSPS) is 17.4. The molecule has 0 aliphatic carbocycles. The van der Waals surface area contributed by atoms with E-state index in [4.69, 9.17) is 0 Å². The fourth-order valence-corrected chi connectivity index (χ4v) is 2.43. The lowest BCUT2D eigenvalue weighted by molar-refractivity contribution is 0.386. The van der Waals surface area contributed by atoms with Gasteiger partial charge < -0.3 is 10.6 Å². The minimum Gasteiger partial charge on any atom is -0.317 e. The molecule has 3 heteroatoms. The quantitative estimate of drug-likeness (QED) is 0.841. The fourth-order valence-electron chi connectivity index (χ4n) is 2.43. The summed E-state index contributed by atoms with van der Waals surface area (Å²) in [5.74, 6) is -0.0735. The van der Waals surface area contributed by atoms with E-state index in [9.17, 15) is 4.39 Å². The third-order valence-corrected chi connectivity index (χ3v) is 3.43. The smallest absolute Gasteiger partial charge is 0.129 e. The number of aryl methyl sites for hydroxylation is 2. The second kappa shape index (κ2) is 5.61. The molecular weight excluding hydrogens is 215 g/mol. The first-order chi connectivity index (χ1) is 8.16. The van der Waals surface area contributed by atoms with Crippen LogP contribution in [0.5, 0.6) is 0 Å². The number of hydrogen-bond acceptors (Lipinski definition) is 2. The first-order valence-electron chi connectivity index (χ1n) is 6.36. The van der Waals surface area contributed by atoms with E-state index in [0.717, 1.165) is 30.8 Å². The molecule has 0 radical (unpaired) electrons. The van der Waals surface area contributed by atoms with Gasteiger partial charge in [-0.25, -0.2) is 4.39 Å². The highest BCUT2D eigenvalue weighted by Gasteiger charge is 2.12. The molecule has 94 valence electrons. The minimum atomic E-state index is -0.0735. The van der Waals surface area contributed by atoms with Gasteiger partial charge >= 0.3 is 0 Å². The maximum absolute atomic E-state index is 13.5. The SMILES string of the molecule is Cc1cc(CNC2CCNCC2)cc(C)c1F. The van der Waals surface area contributed by atoms with E-state index < -0.39 is 0 Å². The number of halogens is 1. The molecule has 1 saturated heterocycles. The van der Waals surface area contributed by atoms with Gasteiger partial charge in [0.1, 0.15) is 5.82 Å². The van der Waals surface area contributed by atoms with Crippen molar-refractivity contribution in [1.29, 1.82) is 0 Å². The Morgan fingerprint density at radius 2 is 1.82 bits per heavy atom. The number of nitrogens with one attached hydrogen (secondary N) is 2. The Bertz CT molecular complexity index is 361. The maximum Gasteiger partial charge on any atom is 0.129 e. The van der Waals surface area contributed by atoms with E-state index in [1.54, 1.807) is 0 Å². The van der Waals surface area contributed by atoms with Crippen LogP contribution in [0.25, 0.3) is 0 Å². The van der Waals surface area contributed by atoms with Gasteiger partial charge in [-0.05, 0) is 56.5 Å². The summed E-state index contributed by atoms with van der Waals surface area (Å²) in [6, 6.07) is 4.48. The summed E-state index contributed by atoms with van der Waals surface area (Å²) in [7, 11) is 0. The first-order valence-corrected chi connectivity index (χ1v) is 6.36. The third-order valence-electron chi connectivity index (χ3n) is 3.43. The Balaban J connectivity index is 1.94. The summed E-state index contributed by atoms with van der Waals surface area (Å²) in [5.41, 5.74) is 2.67. The fraction of sp³-hybridized carbons (Fsp3) is 0.571. The molecule has 0 unspecified atom stereocenters. The molecule has 1 aromatic carbocycles. The summed E-state index contributed by atoms with van der Waals surface area (Å²) in [6.45, 7) is 6.69. The van der Waals surface area contributed by atoms with Gasteiger partial charge in [-0.3, -0.25) is 0 Å². The van der Waals surface area contributed by atoms with Gasteiger partial charge in [-0.15, -0.1) is 0 Å². The molecule has 0 aromatic heterocycles. The van der Waals surface area contributed by atoms with Crippen LogP contribution in [0.15, 0.2) is 12.1 Å². The molecule has 0 saturated carbocycles. The zero-order valence-corrected chi connectivity index (χ0v) is 10.6. The van der Waals surface area contributed by atoms with Crippen LogP contribution in [-0.4, -0.2) is 19.1 Å². The molecule has 1 heterocycles. The van der Waals surface area contributed by atoms with Gasteiger partial charge in [0, 0.05) is 12.6 Å². The van der Waals surface area contributed by atoms with Gasteiger partial charge in [0.2, 0.25) is 0 Å². The van der Waals surface area contributed by atoms with E-state index in [2.05, 4.69) is 10.6 Å². The Labute approximate surface area is 103 Å². The molecule has 2 rings (SSSR count). The number of benzene rings is 1. The highest BCUT2D eigenvalue weighted by Crippen LogP contribution is 2.15. The lowest BCUT2D eigenvalue weighted by Gasteiger charge is -2.24. The summed E-state index contributed by atoms with van der Waals surface area (Å²) < 4.78 is 13.5. The van der Waals surface area contributed by atoms with E-state index in [1.807, 2.05) is 26.0 Å². The van der Waals surface area contributed by atoms with Crippen LogP contribution in [0, 0.1) is 19.7 Å². The second-order valence-electron chi connectivity index (χ2n) is 4.95. The van der Waals surface area contributed by atoms with Crippen LogP contribution in [0.3, 0.4) is 0 Å². The summed E-state index contributed by atoms with van der Waals surface area (Å²) in [5, 5.41) is 6.90. The van der Waals surface area contributed by atoms with Gasteiger partial charge in [-0.2, -0.15) is 0 Å². The van der Waals surface area contributed by atoms with E-state index in [0.29, 0.717) is 6.04 Å². The minimum absolute atomic E-state index is 0.0735. The molecule has 1 aliphatic rings. The lowest BCUT2D eigenvalue weighted by Crippen LogP contribution is -2.39. The Morgan fingerprint density at radius 3 is 2.41 bits per heavy atom. The summed E-state index contributed by atoms with van der Waals surface area (Å²) in [6.07, 6.45) is 2.36. The van der Waals surface area contributed by atoms with Crippen molar-refractivity contribution in [3.8, 4) is 0 Å². The molecule has 0 bridgehead atoms. The first kappa shape index (κ1) is 12.5. The molecule has 17 heavy (non-hydrogen) atoms. The average Bonchev–Trinajstić information content (AvgIpc) is 2.34. The Kier molecular flexibility index (Phi) is 4.13. The molecule has 0 atom stereocenters. The Morgan fingerprint density at radius 1 is 1.24 bits per heavy atom. The molecular formula is C14H21FN2. The predicted molar refractivity (Wildman–Crippen MR) is 68.6 cm³/mol. The van der Waals surface area contributed by atoms with Crippen LogP contribution >= 0.6 is 0 Å². The zero-order valence-electron chi connectivity index (χ0n) is 10.6. The van der Waals surface area contributed by atoms with E-state index in [1.165, 1.54) is 18.4 Å². The molecule has 1 aromatic rings. The van der Waals surface area contributed by atoms with E-state index in [-0.39, 0.29) is 5.82 Å². The standard InChI is InChI=1S/C14H21FN2/c1-10-7-12(8-11(2)14(10)15)9-17-13-3-5-16-6-4-13/h7-8,13,16-17H,3-6,9H2,1-2H3. The monoisotopic (exact) mass is 236 g/mol. The van der Waals surface area contributed by atoms with Gasteiger partial charge in [0.25, 0.3) is 0 Å². The van der Waals surface area contributed by atoms with Crippen LogP contribution in [0.2, 0.25) is 0 Å². The average molecular weight is 236 g/mol. The molecule has 0 amide bonds. The summed E-state index contributed by atoms with van der Waals surface area (Å²) in [4.78, 5) is 0. The van der Waals surface area contributed by atoms with Gasteiger partial charge in [0.15, 0.2) is 0 Å². The van der Waals surface area contributed by atoms with E-state index >= 15 is 0 Å². The van der Waals surface area contributed by atoms with Crippen molar-refractivity contribution < 1.29 is 4.39 Å². The lowest BCUT2D eigenvalue weighted by atomic mass is 10.0. The van der Waals surface area contributed by atoms with Gasteiger partial charge in [0.05, 0.1) is 0 Å². The second-order valence-corrected chi connectivity index (χ2v) is 4.95. The van der Waals surface area contributed by atoms with Crippen LogP contribution in [0.1, 0.15) is 29.5 Å². The molecule has 2 nitrogen and oxygen atoms in total. The molecule has 0 spiro atoms. The predicted octanol–water partition coefficient (Wildman–Crippen LogP) is 2.28.